The van der Waals surface area contributed by atoms with E-state index in [0.717, 1.165) is 0 Å². The molecular weight excluding hydrogens is 306 g/mol. The summed E-state index contributed by atoms with van der Waals surface area (Å²) in [6, 6.07) is 8.49. The molecule has 0 spiro atoms. The van der Waals surface area contributed by atoms with Gasteiger partial charge in [0.15, 0.2) is 0 Å². The number of hydrogen-bond acceptors (Lipinski definition) is 3. The number of benzene rings is 1. The third-order valence-electron chi connectivity index (χ3n) is 4.06. The number of para-hydroxylation sites is 1. The van der Waals surface area contributed by atoms with Gasteiger partial charge in [-0.05, 0) is 19.9 Å². The van der Waals surface area contributed by atoms with Crippen molar-refractivity contribution in [3.63, 3.8) is 0 Å². The molecule has 2 amide bonds. The van der Waals surface area contributed by atoms with Crippen LogP contribution in [0.2, 0.25) is 0 Å². The van der Waals surface area contributed by atoms with Crippen LogP contribution in [0.4, 0.5) is 0 Å². The fourth-order valence-corrected chi connectivity index (χ4v) is 2.73. The van der Waals surface area contributed by atoms with Crippen molar-refractivity contribution in [3.8, 4) is 0 Å². The molecule has 2 rings (SSSR count). The topological polar surface area (TPSA) is 62.6 Å². The predicted octanol–water partition coefficient (Wildman–Crippen LogP) is 1.57. The Balaban J connectivity index is 2.59. The molecule has 1 aromatic carbocycles. The average molecular weight is 329 g/mol. The van der Waals surface area contributed by atoms with Gasteiger partial charge in [0.1, 0.15) is 6.54 Å². The van der Waals surface area contributed by atoms with Gasteiger partial charge in [-0.2, -0.15) is 0 Å². The van der Waals surface area contributed by atoms with E-state index in [1.54, 1.807) is 37.2 Å². The fourth-order valence-electron chi connectivity index (χ4n) is 2.73. The van der Waals surface area contributed by atoms with E-state index < -0.39 is 0 Å². The van der Waals surface area contributed by atoms with Crippen molar-refractivity contribution in [2.24, 2.45) is 0 Å². The number of pyridine rings is 1. The minimum Gasteiger partial charge on any atom is -0.345 e. The number of carbonyl (C=O) groups is 2. The van der Waals surface area contributed by atoms with Crippen LogP contribution in [0.3, 0.4) is 0 Å². The first kappa shape index (κ1) is 17.7. The molecule has 0 N–H and O–H groups in total. The van der Waals surface area contributed by atoms with Crippen LogP contribution in [0.5, 0.6) is 0 Å². The van der Waals surface area contributed by atoms with Gasteiger partial charge in [-0.25, -0.2) is 0 Å². The second-order valence-electron chi connectivity index (χ2n) is 5.77. The number of amides is 2. The van der Waals surface area contributed by atoms with E-state index in [4.69, 9.17) is 0 Å². The summed E-state index contributed by atoms with van der Waals surface area (Å²) in [5, 5.41) is 0.670. The molecule has 1 heterocycles. The molecule has 0 aliphatic rings. The van der Waals surface area contributed by atoms with Crippen molar-refractivity contribution < 1.29 is 9.59 Å². The number of likely N-dealkylation sites (N-methyl/N-ethyl adjacent to an activating group) is 1. The largest absolute Gasteiger partial charge is 0.345 e. The molecule has 0 saturated heterocycles. The number of carbonyl (C=O) groups excluding carboxylic acids is 2. The molecule has 6 nitrogen and oxygen atoms in total. The normalized spacial score (nSPS) is 10.7. The lowest BCUT2D eigenvalue weighted by molar-refractivity contribution is -0.131. The maximum absolute atomic E-state index is 12.5. The molecule has 2 aromatic rings. The molecule has 0 atom stereocenters. The number of aromatic nitrogens is 1. The van der Waals surface area contributed by atoms with Crippen LogP contribution in [0.1, 0.15) is 24.2 Å². The first-order valence-electron chi connectivity index (χ1n) is 8.02. The van der Waals surface area contributed by atoms with Crippen LogP contribution in [-0.2, 0) is 11.3 Å². The van der Waals surface area contributed by atoms with Crippen molar-refractivity contribution in [1.29, 1.82) is 0 Å². The highest BCUT2D eigenvalue weighted by Crippen LogP contribution is 2.18. The van der Waals surface area contributed by atoms with Gasteiger partial charge in [0.05, 0.1) is 11.1 Å². The van der Waals surface area contributed by atoms with Crippen molar-refractivity contribution >= 4 is 22.7 Å². The zero-order chi connectivity index (χ0) is 17.9. The number of nitrogens with zero attached hydrogens (tertiary/aromatic N) is 3. The third-order valence-corrected chi connectivity index (χ3v) is 4.06. The van der Waals surface area contributed by atoms with Crippen LogP contribution in [0.15, 0.2) is 35.1 Å². The molecule has 1 aromatic heterocycles. The summed E-state index contributed by atoms with van der Waals surface area (Å²) in [6.45, 7) is 4.97. The van der Waals surface area contributed by atoms with Crippen LogP contribution >= 0.6 is 0 Å². The average Bonchev–Trinajstić information content (AvgIpc) is 2.57. The highest BCUT2D eigenvalue weighted by atomic mass is 16.2. The lowest BCUT2D eigenvalue weighted by Crippen LogP contribution is -2.36. The first-order chi connectivity index (χ1) is 11.4. The molecule has 24 heavy (non-hydrogen) atoms. The monoisotopic (exact) mass is 329 g/mol. The maximum Gasteiger partial charge on any atom is 0.254 e. The van der Waals surface area contributed by atoms with Crippen molar-refractivity contribution in [2.75, 3.05) is 27.2 Å². The smallest absolute Gasteiger partial charge is 0.254 e. The molecule has 128 valence electrons. The Bertz CT molecular complexity index is 820. The lowest BCUT2D eigenvalue weighted by atomic mass is 10.1. The summed E-state index contributed by atoms with van der Waals surface area (Å²) in [5.41, 5.74) is 0.599. The Kier molecular flexibility index (Phi) is 5.39. The van der Waals surface area contributed by atoms with Crippen molar-refractivity contribution in [3.05, 3.63) is 46.2 Å². The molecule has 0 aliphatic heterocycles. The van der Waals surface area contributed by atoms with Gasteiger partial charge in [0, 0.05) is 38.6 Å². The van der Waals surface area contributed by atoms with E-state index in [-0.39, 0.29) is 23.9 Å². The Hall–Kier alpha value is -2.63. The summed E-state index contributed by atoms with van der Waals surface area (Å²) in [7, 11) is 3.29. The standard InChI is InChI=1S/C18H23N3O3/c1-5-20(6-2)17(23)12-21-15-10-8-7-9-13(15)14(11-16(21)22)18(24)19(3)4/h7-11H,5-6,12H2,1-4H3. The molecule has 0 unspecified atom stereocenters. The fraction of sp³-hybridized carbons (Fsp3) is 0.389. The first-order valence-corrected chi connectivity index (χ1v) is 8.02. The molecule has 0 fully saturated rings. The van der Waals surface area contributed by atoms with Crippen LogP contribution in [-0.4, -0.2) is 53.4 Å². The molecule has 0 aliphatic carbocycles. The van der Waals surface area contributed by atoms with Crippen LogP contribution in [0.25, 0.3) is 10.9 Å². The summed E-state index contributed by atoms with van der Waals surface area (Å²) in [4.78, 5) is 40.4. The Morgan fingerprint density at radius 1 is 1.08 bits per heavy atom. The minimum atomic E-state index is -0.348. The van der Waals surface area contributed by atoms with Gasteiger partial charge >= 0.3 is 0 Å². The van der Waals surface area contributed by atoms with Gasteiger partial charge in [-0.1, -0.05) is 18.2 Å². The quantitative estimate of drug-likeness (QED) is 0.836. The van der Waals surface area contributed by atoms with Gasteiger partial charge in [-0.3, -0.25) is 19.0 Å². The highest BCUT2D eigenvalue weighted by Gasteiger charge is 2.18. The SMILES string of the molecule is CCN(CC)C(=O)Cn1c(=O)cc(C(=O)N(C)C)c2ccccc21. The van der Waals surface area contributed by atoms with Gasteiger partial charge < -0.3 is 9.80 Å². The van der Waals surface area contributed by atoms with E-state index in [9.17, 15) is 14.4 Å². The van der Waals surface area contributed by atoms with E-state index >= 15 is 0 Å². The second kappa shape index (κ2) is 7.29. The Labute approximate surface area is 141 Å². The van der Waals surface area contributed by atoms with Crippen molar-refractivity contribution in [1.82, 2.24) is 14.4 Å². The lowest BCUT2D eigenvalue weighted by Gasteiger charge is -2.20. The molecule has 0 radical (unpaired) electrons. The van der Waals surface area contributed by atoms with E-state index in [0.29, 0.717) is 29.6 Å². The van der Waals surface area contributed by atoms with Crippen LogP contribution in [0, 0.1) is 0 Å². The van der Waals surface area contributed by atoms with Gasteiger partial charge in [0.2, 0.25) is 5.91 Å². The van der Waals surface area contributed by atoms with Gasteiger partial charge in [-0.15, -0.1) is 0 Å². The van der Waals surface area contributed by atoms with Gasteiger partial charge in [0.25, 0.3) is 11.5 Å². The third kappa shape index (κ3) is 3.32. The number of hydrogen-bond donors (Lipinski definition) is 0. The summed E-state index contributed by atoms with van der Waals surface area (Å²) in [5.74, 6) is -0.343. The Morgan fingerprint density at radius 3 is 2.29 bits per heavy atom. The maximum atomic E-state index is 12.5. The summed E-state index contributed by atoms with van der Waals surface area (Å²) in [6.07, 6.45) is 0. The Morgan fingerprint density at radius 2 is 1.71 bits per heavy atom. The molecule has 0 bridgehead atoms. The minimum absolute atomic E-state index is 0.0303. The number of fused-ring (bicyclic) bond motifs is 1. The zero-order valence-electron chi connectivity index (χ0n) is 14.6. The number of rotatable bonds is 5. The highest BCUT2D eigenvalue weighted by molar-refractivity contribution is 6.06. The second-order valence-corrected chi connectivity index (χ2v) is 5.77. The van der Waals surface area contributed by atoms with E-state index in [1.165, 1.54) is 15.5 Å². The summed E-state index contributed by atoms with van der Waals surface area (Å²) < 4.78 is 1.43. The zero-order valence-corrected chi connectivity index (χ0v) is 14.6. The molecule has 0 saturated carbocycles. The van der Waals surface area contributed by atoms with E-state index in [1.807, 2.05) is 19.9 Å². The van der Waals surface area contributed by atoms with Crippen LogP contribution < -0.4 is 5.56 Å². The molecular formula is C18H23N3O3. The predicted molar refractivity (Wildman–Crippen MR) is 94.2 cm³/mol. The summed E-state index contributed by atoms with van der Waals surface area (Å²) >= 11 is 0. The van der Waals surface area contributed by atoms with Crippen molar-refractivity contribution in [2.45, 2.75) is 20.4 Å². The van der Waals surface area contributed by atoms with E-state index in [2.05, 4.69) is 0 Å². The molecule has 6 heteroatoms.